The first kappa shape index (κ1) is 15.8. The van der Waals surface area contributed by atoms with Crippen LogP contribution in [0.25, 0.3) is 0 Å². The van der Waals surface area contributed by atoms with Gasteiger partial charge in [0.1, 0.15) is 0 Å². The van der Waals surface area contributed by atoms with E-state index in [2.05, 4.69) is 4.94 Å². The fourth-order valence-corrected chi connectivity index (χ4v) is 1.03. The summed E-state index contributed by atoms with van der Waals surface area (Å²) in [5, 5.41) is 0. The molecule has 0 fully saturated rings. The molecule has 0 saturated heterocycles. The Morgan fingerprint density at radius 2 is 1.75 bits per heavy atom. The van der Waals surface area contributed by atoms with Crippen molar-refractivity contribution in [1.82, 2.24) is 0 Å². The van der Waals surface area contributed by atoms with Gasteiger partial charge in [0, 0.05) is 0 Å². The van der Waals surface area contributed by atoms with Gasteiger partial charge in [-0.15, -0.1) is 0 Å². The van der Waals surface area contributed by atoms with Gasteiger partial charge in [0.15, 0.2) is 11.9 Å². The highest BCUT2D eigenvalue weighted by atomic mass is 19.3. The van der Waals surface area contributed by atoms with Gasteiger partial charge in [-0.3, -0.25) is 0 Å². The van der Waals surface area contributed by atoms with E-state index in [4.69, 9.17) is 9.47 Å². The summed E-state index contributed by atoms with van der Waals surface area (Å²) in [5.41, 5.74) is -1.08. The van der Waals surface area contributed by atoms with Gasteiger partial charge >= 0.3 is 0 Å². The zero-order chi connectivity index (χ0) is 12.8. The molecule has 0 heterocycles. The molecule has 0 aromatic heterocycles. The lowest BCUT2D eigenvalue weighted by atomic mass is 10.1. The predicted molar refractivity (Wildman–Crippen MR) is 61.7 cm³/mol. The van der Waals surface area contributed by atoms with E-state index in [1.54, 1.807) is 13.8 Å². The van der Waals surface area contributed by atoms with Gasteiger partial charge in [0.25, 0.3) is 0 Å². The summed E-state index contributed by atoms with van der Waals surface area (Å²) in [5.74, 6) is 0.374. The monoisotopic (exact) mass is 236 g/mol. The molecule has 3 nitrogen and oxygen atoms in total. The maximum atomic E-state index is 12.4. The van der Waals surface area contributed by atoms with Crippen molar-refractivity contribution in [3.8, 4) is 0 Å². The average Bonchev–Trinajstić information content (AvgIpc) is 2.23. The third-order valence-corrected chi connectivity index (χ3v) is 2.28. The van der Waals surface area contributed by atoms with Crippen molar-refractivity contribution in [3.05, 3.63) is 0 Å². The topological polar surface area (TPSA) is 27.7 Å². The highest BCUT2D eigenvalue weighted by Gasteiger charge is 2.35. The number of rotatable bonds is 8. The Bertz CT molecular complexity index is 183. The van der Waals surface area contributed by atoms with E-state index in [9.17, 15) is 4.53 Å². The standard InChI is InChI=1S/C12H25FO3/c1-7-10(4)15-11(12(5,6)16-13)14-8-9(2)3/h9-11H,7-8H2,1-6H3. The van der Waals surface area contributed by atoms with Crippen LogP contribution in [-0.2, 0) is 14.4 Å². The van der Waals surface area contributed by atoms with Gasteiger partial charge in [-0.05, 0) is 37.6 Å². The second-order valence-corrected chi connectivity index (χ2v) is 5.09. The molecule has 0 rings (SSSR count). The molecule has 0 aliphatic heterocycles. The molecular formula is C12H25FO3. The molecular weight excluding hydrogens is 211 g/mol. The van der Waals surface area contributed by atoms with Crippen molar-refractivity contribution in [3.63, 3.8) is 0 Å². The third-order valence-electron chi connectivity index (χ3n) is 2.28. The van der Waals surface area contributed by atoms with Crippen LogP contribution in [0.1, 0.15) is 48.0 Å². The van der Waals surface area contributed by atoms with Crippen LogP contribution in [0.3, 0.4) is 0 Å². The Morgan fingerprint density at radius 1 is 1.19 bits per heavy atom. The van der Waals surface area contributed by atoms with Crippen LogP contribution < -0.4 is 0 Å². The fraction of sp³-hybridized carbons (Fsp3) is 1.00. The lowest BCUT2D eigenvalue weighted by Crippen LogP contribution is -2.43. The van der Waals surface area contributed by atoms with Crippen LogP contribution in [0.2, 0.25) is 0 Å². The molecule has 2 atom stereocenters. The SMILES string of the molecule is CCC(C)OC(OCC(C)C)C(C)(C)OF. The first-order valence-electron chi connectivity index (χ1n) is 5.90. The van der Waals surface area contributed by atoms with Crippen molar-refractivity contribution >= 4 is 0 Å². The minimum atomic E-state index is -1.08. The second-order valence-electron chi connectivity index (χ2n) is 5.09. The summed E-state index contributed by atoms with van der Waals surface area (Å²) >= 11 is 0. The van der Waals surface area contributed by atoms with E-state index in [0.29, 0.717) is 12.5 Å². The van der Waals surface area contributed by atoms with Gasteiger partial charge in [-0.2, -0.15) is 4.94 Å². The first-order chi connectivity index (χ1) is 7.33. The van der Waals surface area contributed by atoms with Gasteiger partial charge < -0.3 is 9.47 Å². The van der Waals surface area contributed by atoms with Crippen LogP contribution in [-0.4, -0.2) is 24.6 Å². The Morgan fingerprint density at radius 3 is 2.12 bits per heavy atom. The number of halogens is 1. The average molecular weight is 236 g/mol. The minimum Gasteiger partial charge on any atom is -0.349 e. The molecule has 0 amide bonds. The summed E-state index contributed by atoms with van der Waals surface area (Å²) in [6.45, 7) is 11.7. The Kier molecular flexibility index (Phi) is 7.11. The van der Waals surface area contributed by atoms with Crippen molar-refractivity contribution < 1.29 is 18.9 Å². The molecule has 16 heavy (non-hydrogen) atoms. The first-order valence-corrected chi connectivity index (χ1v) is 5.90. The predicted octanol–water partition coefficient (Wildman–Crippen LogP) is 3.48. The summed E-state index contributed by atoms with van der Waals surface area (Å²) in [7, 11) is 0. The Labute approximate surface area is 98.2 Å². The molecule has 0 aromatic rings. The zero-order valence-corrected chi connectivity index (χ0v) is 11.2. The fourth-order valence-electron chi connectivity index (χ4n) is 1.03. The summed E-state index contributed by atoms with van der Waals surface area (Å²) < 4.78 is 23.6. The molecule has 0 saturated carbocycles. The van der Waals surface area contributed by atoms with E-state index in [0.717, 1.165) is 6.42 Å². The molecule has 0 aliphatic carbocycles. The van der Waals surface area contributed by atoms with E-state index < -0.39 is 11.9 Å². The number of ether oxygens (including phenoxy) is 2. The van der Waals surface area contributed by atoms with E-state index in [1.807, 2.05) is 27.7 Å². The van der Waals surface area contributed by atoms with Crippen molar-refractivity contribution in [1.29, 1.82) is 0 Å². The van der Waals surface area contributed by atoms with Gasteiger partial charge in [0.2, 0.25) is 0 Å². The van der Waals surface area contributed by atoms with Crippen LogP contribution in [0.15, 0.2) is 0 Å². The molecule has 0 aromatic carbocycles. The van der Waals surface area contributed by atoms with Crippen molar-refractivity contribution in [2.24, 2.45) is 5.92 Å². The Balaban J connectivity index is 4.38. The van der Waals surface area contributed by atoms with Crippen molar-refractivity contribution in [2.75, 3.05) is 6.61 Å². The lowest BCUT2D eigenvalue weighted by Gasteiger charge is -2.32. The normalized spacial score (nSPS) is 16.5. The third kappa shape index (κ3) is 5.77. The van der Waals surface area contributed by atoms with Crippen LogP contribution >= 0.6 is 0 Å². The molecule has 0 aliphatic rings. The largest absolute Gasteiger partial charge is 0.349 e. The van der Waals surface area contributed by atoms with Gasteiger partial charge in [0.05, 0.1) is 12.7 Å². The van der Waals surface area contributed by atoms with Crippen LogP contribution in [0.5, 0.6) is 0 Å². The Hall–Kier alpha value is -0.190. The second kappa shape index (κ2) is 7.20. The zero-order valence-electron chi connectivity index (χ0n) is 11.2. The highest BCUT2D eigenvalue weighted by Crippen LogP contribution is 2.22. The maximum Gasteiger partial charge on any atom is 0.189 e. The molecule has 0 N–H and O–H groups in total. The maximum absolute atomic E-state index is 12.4. The highest BCUT2D eigenvalue weighted by molar-refractivity contribution is 4.73. The number of hydrogen-bond acceptors (Lipinski definition) is 3. The van der Waals surface area contributed by atoms with Crippen LogP contribution in [0, 0.1) is 5.92 Å². The minimum absolute atomic E-state index is 0.0200. The molecule has 4 heteroatoms. The molecule has 0 spiro atoms. The lowest BCUT2D eigenvalue weighted by molar-refractivity contribution is -0.325. The molecule has 98 valence electrons. The molecule has 0 radical (unpaired) electrons. The van der Waals surface area contributed by atoms with E-state index >= 15 is 0 Å². The van der Waals surface area contributed by atoms with Crippen LogP contribution in [0.4, 0.5) is 4.53 Å². The van der Waals surface area contributed by atoms with Gasteiger partial charge in [-0.1, -0.05) is 20.8 Å². The van der Waals surface area contributed by atoms with E-state index in [1.165, 1.54) is 0 Å². The van der Waals surface area contributed by atoms with Crippen molar-refractivity contribution in [2.45, 2.75) is 66.0 Å². The summed E-state index contributed by atoms with van der Waals surface area (Å²) in [6, 6.07) is 0. The summed E-state index contributed by atoms with van der Waals surface area (Å²) in [4.78, 5) is 3.93. The smallest absolute Gasteiger partial charge is 0.189 e. The number of hydrogen-bond donors (Lipinski definition) is 0. The quantitative estimate of drug-likeness (QED) is 0.604. The van der Waals surface area contributed by atoms with E-state index in [-0.39, 0.29) is 6.10 Å². The molecule has 0 bridgehead atoms. The van der Waals surface area contributed by atoms with Gasteiger partial charge in [-0.25, -0.2) is 0 Å². The summed E-state index contributed by atoms with van der Waals surface area (Å²) in [6.07, 6.45) is 0.186. The molecule has 2 unspecified atom stereocenters.